The number of benzene rings is 1. The Morgan fingerprint density at radius 2 is 1.67 bits per heavy atom. The molecule has 1 rings (SSSR count). The molecule has 1 aromatic rings. The highest BCUT2D eigenvalue weighted by molar-refractivity contribution is 9.09. The van der Waals surface area contributed by atoms with Gasteiger partial charge in [-0.05, 0) is 35.3 Å². The van der Waals surface area contributed by atoms with E-state index in [1.54, 1.807) is 0 Å². The van der Waals surface area contributed by atoms with E-state index in [1.165, 1.54) is 30.4 Å². The summed E-state index contributed by atoms with van der Waals surface area (Å²) in [6.07, 6.45) is 3.65. The molecule has 0 spiro atoms. The van der Waals surface area contributed by atoms with Crippen molar-refractivity contribution in [1.29, 1.82) is 0 Å². The van der Waals surface area contributed by atoms with E-state index in [4.69, 9.17) is 0 Å². The normalized spacial score (nSPS) is 15.4. The maximum absolute atomic E-state index is 3.82. The summed E-state index contributed by atoms with van der Waals surface area (Å²) in [4.78, 5) is 0.492. The standard InChI is InChI=1S/C17H27Br/c1-6-13(3)12-16(18)14-8-10-15(11-9-14)17(4,5)7-2/h8-11,13,16H,6-7,12H2,1-5H3. The third kappa shape index (κ3) is 4.12. The van der Waals surface area contributed by atoms with Crippen LogP contribution in [-0.2, 0) is 5.41 Å². The molecule has 102 valence electrons. The van der Waals surface area contributed by atoms with Crippen LogP contribution < -0.4 is 0 Å². The fourth-order valence-corrected chi connectivity index (χ4v) is 2.95. The number of halogens is 1. The summed E-state index contributed by atoms with van der Waals surface area (Å²) < 4.78 is 0. The Morgan fingerprint density at radius 1 is 1.11 bits per heavy atom. The lowest BCUT2D eigenvalue weighted by Crippen LogP contribution is -2.15. The molecule has 0 aromatic heterocycles. The quantitative estimate of drug-likeness (QED) is 0.545. The Labute approximate surface area is 121 Å². The van der Waals surface area contributed by atoms with Crippen LogP contribution in [0.25, 0.3) is 0 Å². The summed E-state index contributed by atoms with van der Waals surface area (Å²) in [5, 5.41) is 0. The lowest BCUT2D eigenvalue weighted by Gasteiger charge is -2.24. The SMILES string of the molecule is CCC(C)CC(Br)c1ccc(C(C)(C)CC)cc1. The van der Waals surface area contributed by atoms with Crippen LogP contribution in [-0.4, -0.2) is 0 Å². The van der Waals surface area contributed by atoms with Crippen LogP contribution in [0.1, 0.15) is 69.8 Å². The van der Waals surface area contributed by atoms with Crippen LogP contribution >= 0.6 is 15.9 Å². The van der Waals surface area contributed by atoms with Crippen molar-refractivity contribution >= 4 is 15.9 Å². The lowest BCUT2D eigenvalue weighted by atomic mass is 9.82. The first-order valence-electron chi connectivity index (χ1n) is 7.15. The van der Waals surface area contributed by atoms with Crippen LogP contribution in [0.2, 0.25) is 0 Å². The van der Waals surface area contributed by atoms with Gasteiger partial charge in [-0.2, -0.15) is 0 Å². The fraction of sp³-hybridized carbons (Fsp3) is 0.647. The highest BCUT2D eigenvalue weighted by Crippen LogP contribution is 2.33. The molecule has 0 aliphatic carbocycles. The minimum Gasteiger partial charge on any atom is -0.0839 e. The van der Waals surface area contributed by atoms with Crippen molar-refractivity contribution < 1.29 is 0 Å². The molecule has 0 radical (unpaired) electrons. The first-order chi connectivity index (χ1) is 8.40. The Bertz CT molecular complexity index is 350. The van der Waals surface area contributed by atoms with Gasteiger partial charge in [0.15, 0.2) is 0 Å². The van der Waals surface area contributed by atoms with Crippen molar-refractivity contribution in [3.8, 4) is 0 Å². The van der Waals surface area contributed by atoms with Gasteiger partial charge in [-0.25, -0.2) is 0 Å². The molecule has 0 N–H and O–H groups in total. The van der Waals surface area contributed by atoms with Gasteiger partial charge < -0.3 is 0 Å². The highest BCUT2D eigenvalue weighted by Gasteiger charge is 2.18. The molecule has 1 heteroatoms. The zero-order chi connectivity index (χ0) is 13.8. The highest BCUT2D eigenvalue weighted by atomic mass is 79.9. The monoisotopic (exact) mass is 310 g/mol. The Kier molecular flexibility index (Phi) is 5.91. The number of rotatable bonds is 6. The minimum atomic E-state index is 0.289. The summed E-state index contributed by atoms with van der Waals surface area (Å²) in [5.41, 5.74) is 3.14. The molecule has 0 fully saturated rings. The molecule has 0 aliphatic heterocycles. The molecule has 0 saturated heterocycles. The van der Waals surface area contributed by atoms with Crippen molar-refractivity contribution in [3.63, 3.8) is 0 Å². The van der Waals surface area contributed by atoms with Crippen molar-refractivity contribution in [1.82, 2.24) is 0 Å². The van der Waals surface area contributed by atoms with Crippen molar-refractivity contribution in [2.24, 2.45) is 5.92 Å². The summed E-state index contributed by atoms with van der Waals surface area (Å²) in [6.45, 7) is 11.5. The van der Waals surface area contributed by atoms with E-state index in [0.29, 0.717) is 4.83 Å². The second-order valence-corrected chi connectivity index (χ2v) is 7.18. The van der Waals surface area contributed by atoms with Gasteiger partial charge in [0.25, 0.3) is 0 Å². The van der Waals surface area contributed by atoms with Crippen molar-refractivity contribution in [2.45, 2.75) is 64.1 Å². The van der Waals surface area contributed by atoms with Crippen LogP contribution in [0.4, 0.5) is 0 Å². The van der Waals surface area contributed by atoms with Crippen LogP contribution in [0.3, 0.4) is 0 Å². The molecule has 2 atom stereocenters. The molecule has 2 unspecified atom stereocenters. The second-order valence-electron chi connectivity index (χ2n) is 6.08. The van der Waals surface area contributed by atoms with Gasteiger partial charge in [0.05, 0.1) is 0 Å². The molecular weight excluding hydrogens is 284 g/mol. The minimum absolute atomic E-state index is 0.289. The molecular formula is C17H27Br. The Hall–Kier alpha value is -0.300. The van der Waals surface area contributed by atoms with Gasteiger partial charge in [-0.1, -0.05) is 81.2 Å². The summed E-state index contributed by atoms with van der Waals surface area (Å²) >= 11 is 3.82. The van der Waals surface area contributed by atoms with Crippen LogP contribution in [0.15, 0.2) is 24.3 Å². The molecule has 0 amide bonds. The largest absolute Gasteiger partial charge is 0.0839 e. The molecule has 0 heterocycles. The van der Waals surface area contributed by atoms with E-state index in [-0.39, 0.29) is 5.41 Å². The average molecular weight is 311 g/mol. The zero-order valence-corrected chi connectivity index (χ0v) is 14.0. The molecule has 0 saturated carbocycles. The summed E-state index contributed by atoms with van der Waals surface area (Å²) in [5.74, 6) is 0.779. The zero-order valence-electron chi connectivity index (χ0n) is 12.5. The first-order valence-corrected chi connectivity index (χ1v) is 8.06. The molecule has 0 bridgehead atoms. The van der Waals surface area contributed by atoms with Gasteiger partial charge in [-0.15, -0.1) is 0 Å². The van der Waals surface area contributed by atoms with Gasteiger partial charge in [0, 0.05) is 4.83 Å². The smallest absolute Gasteiger partial charge is 0.0397 e. The van der Waals surface area contributed by atoms with E-state index in [0.717, 1.165) is 5.92 Å². The summed E-state index contributed by atoms with van der Waals surface area (Å²) in [6, 6.07) is 9.16. The third-order valence-electron chi connectivity index (χ3n) is 4.24. The van der Waals surface area contributed by atoms with Crippen LogP contribution in [0.5, 0.6) is 0 Å². The van der Waals surface area contributed by atoms with E-state index in [9.17, 15) is 0 Å². The maximum Gasteiger partial charge on any atom is 0.0397 e. The Morgan fingerprint density at radius 3 is 2.11 bits per heavy atom. The maximum atomic E-state index is 3.82. The number of hydrogen-bond acceptors (Lipinski definition) is 0. The Balaban J connectivity index is 2.76. The van der Waals surface area contributed by atoms with Gasteiger partial charge in [0.2, 0.25) is 0 Å². The van der Waals surface area contributed by atoms with Crippen molar-refractivity contribution in [3.05, 3.63) is 35.4 Å². The van der Waals surface area contributed by atoms with E-state index < -0.39 is 0 Å². The van der Waals surface area contributed by atoms with E-state index in [2.05, 4.69) is 74.8 Å². The van der Waals surface area contributed by atoms with Gasteiger partial charge >= 0.3 is 0 Å². The van der Waals surface area contributed by atoms with E-state index >= 15 is 0 Å². The lowest BCUT2D eigenvalue weighted by molar-refractivity contribution is 0.504. The van der Waals surface area contributed by atoms with Crippen LogP contribution in [0, 0.1) is 5.92 Å². The van der Waals surface area contributed by atoms with Gasteiger partial charge in [-0.3, -0.25) is 0 Å². The van der Waals surface area contributed by atoms with Gasteiger partial charge in [0.1, 0.15) is 0 Å². The second kappa shape index (κ2) is 6.75. The third-order valence-corrected chi connectivity index (χ3v) is 5.15. The van der Waals surface area contributed by atoms with Crippen molar-refractivity contribution in [2.75, 3.05) is 0 Å². The average Bonchev–Trinajstić information content (AvgIpc) is 2.38. The molecule has 18 heavy (non-hydrogen) atoms. The molecule has 1 aromatic carbocycles. The predicted molar refractivity (Wildman–Crippen MR) is 85.5 cm³/mol. The number of alkyl halides is 1. The fourth-order valence-electron chi connectivity index (χ4n) is 2.00. The van der Waals surface area contributed by atoms with E-state index in [1.807, 2.05) is 0 Å². The first kappa shape index (κ1) is 15.8. The molecule has 0 nitrogen and oxygen atoms in total. The predicted octanol–water partition coefficient (Wildman–Crippen LogP) is 6.25. The number of hydrogen-bond donors (Lipinski definition) is 0. The topological polar surface area (TPSA) is 0 Å². The molecule has 0 aliphatic rings. The summed E-state index contributed by atoms with van der Waals surface area (Å²) in [7, 11) is 0.